The van der Waals surface area contributed by atoms with Crippen molar-refractivity contribution in [2.45, 2.75) is 84.3 Å². The molecule has 1 amide bonds. The van der Waals surface area contributed by atoms with Gasteiger partial charge in [-0.05, 0) is 65.3 Å². The molecule has 166 valence electrons. The minimum absolute atomic E-state index is 0.187. The molecule has 1 aromatic carbocycles. The lowest BCUT2D eigenvalue weighted by molar-refractivity contribution is -0.0658. The van der Waals surface area contributed by atoms with Gasteiger partial charge in [0, 0.05) is 5.56 Å². The second kappa shape index (κ2) is 10.2. The Bertz CT molecular complexity index is 755. The van der Waals surface area contributed by atoms with Gasteiger partial charge in [0.2, 0.25) is 0 Å². The van der Waals surface area contributed by atoms with Crippen LogP contribution in [0.5, 0.6) is 5.75 Å². The Morgan fingerprint density at radius 1 is 1.30 bits per heavy atom. The molecule has 1 saturated heterocycles. The zero-order chi connectivity index (χ0) is 22.4. The van der Waals surface area contributed by atoms with Gasteiger partial charge in [-0.15, -0.1) is 0 Å². The number of hydrogen-bond donors (Lipinski definition) is 1. The molecule has 1 heterocycles. The average molecular weight is 418 g/mol. The normalized spacial score (nSPS) is 19.0. The van der Waals surface area contributed by atoms with Crippen LogP contribution in [0, 0.1) is 11.8 Å². The number of ether oxygens (including phenoxy) is 3. The molecular weight excluding hydrogens is 382 g/mol. The average Bonchev–Trinajstić information content (AvgIpc) is 2.98. The molecule has 0 aliphatic carbocycles. The first kappa shape index (κ1) is 24.0. The lowest BCUT2D eigenvalue weighted by atomic mass is 10.1. The van der Waals surface area contributed by atoms with E-state index in [1.165, 1.54) is 4.90 Å². The molecule has 0 saturated carbocycles. The maximum atomic E-state index is 12.7. The van der Waals surface area contributed by atoms with Crippen molar-refractivity contribution >= 4 is 6.09 Å². The summed E-state index contributed by atoms with van der Waals surface area (Å²) in [5.41, 5.74) is -0.763. The van der Waals surface area contributed by atoms with Crippen LogP contribution in [-0.4, -0.2) is 52.8 Å². The molecule has 1 aliphatic heterocycles. The van der Waals surface area contributed by atoms with Crippen molar-refractivity contribution in [3.05, 3.63) is 29.8 Å². The van der Waals surface area contributed by atoms with E-state index in [-0.39, 0.29) is 6.61 Å². The third-order valence-corrected chi connectivity index (χ3v) is 4.71. The Kier molecular flexibility index (Phi) is 8.17. The van der Waals surface area contributed by atoms with E-state index in [1.807, 2.05) is 24.3 Å². The summed E-state index contributed by atoms with van der Waals surface area (Å²) in [4.78, 5) is 14.1. The van der Waals surface area contributed by atoms with Gasteiger partial charge in [-0.25, -0.2) is 4.79 Å². The summed E-state index contributed by atoms with van der Waals surface area (Å²) in [6, 6.07) is 6.85. The summed E-state index contributed by atoms with van der Waals surface area (Å²) in [5, 5.41) is 10.7. The van der Waals surface area contributed by atoms with E-state index in [0.29, 0.717) is 6.61 Å². The predicted octanol–water partition coefficient (Wildman–Crippen LogP) is 4.34. The van der Waals surface area contributed by atoms with Crippen molar-refractivity contribution in [3.8, 4) is 17.6 Å². The van der Waals surface area contributed by atoms with Gasteiger partial charge in [0.15, 0.2) is 0 Å². The minimum atomic E-state index is -1.07. The number of carbonyl (C=O) groups excluding carboxylic acids is 1. The number of benzene rings is 1. The second-order valence-electron chi connectivity index (χ2n) is 8.97. The van der Waals surface area contributed by atoms with E-state index in [1.54, 1.807) is 34.6 Å². The molecule has 2 rings (SSSR count). The number of amides is 1. The Morgan fingerprint density at radius 3 is 2.57 bits per heavy atom. The van der Waals surface area contributed by atoms with E-state index in [4.69, 9.17) is 14.2 Å². The molecule has 6 heteroatoms. The van der Waals surface area contributed by atoms with Crippen LogP contribution in [0.25, 0.3) is 0 Å². The molecule has 0 spiro atoms. The Hall–Kier alpha value is -2.23. The van der Waals surface area contributed by atoms with Gasteiger partial charge in [0.05, 0.1) is 19.3 Å². The molecule has 1 fully saturated rings. The SMILES string of the molecule is CCCCCOc1ccc(C#C[C@H](O)[C@H]2COC(C)(C)N2C(=O)OC(C)(C)C)cc1. The minimum Gasteiger partial charge on any atom is -0.494 e. The lowest BCUT2D eigenvalue weighted by Crippen LogP contribution is -2.53. The molecule has 0 bridgehead atoms. The summed E-state index contributed by atoms with van der Waals surface area (Å²) in [6.45, 7) is 12.0. The first-order valence-electron chi connectivity index (χ1n) is 10.6. The third kappa shape index (κ3) is 6.93. The molecule has 1 N–H and O–H groups in total. The number of aliphatic hydroxyl groups excluding tert-OH is 1. The molecule has 1 aromatic rings. The third-order valence-electron chi connectivity index (χ3n) is 4.71. The van der Waals surface area contributed by atoms with Gasteiger partial charge >= 0.3 is 6.09 Å². The van der Waals surface area contributed by atoms with Gasteiger partial charge in [-0.2, -0.15) is 0 Å². The summed E-state index contributed by atoms with van der Waals surface area (Å²) < 4.78 is 16.9. The fourth-order valence-electron chi connectivity index (χ4n) is 3.16. The van der Waals surface area contributed by atoms with Crippen LogP contribution in [0.3, 0.4) is 0 Å². The van der Waals surface area contributed by atoms with E-state index in [9.17, 15) is 9.90 Å². The fourth-order valence-corrected chi connectivity index (χ4v) is 3.16. The zero-order valence-corrected chi connectivity index (χ0v) is 19.0. The summed E-state index contributed by atoms with van der Waals surface area (Å²) >= 11 is 0. The number of nitrogens with zero attached hydrogens (tertiary/aromatic N) is 1. The maximum absolute atomic E-state index is 12.7. The molecule has 30 heavy (non-hydrogen) atoms. The van der Waals surface area contributed by atoms with Gasteiger partial charge in [-0.3, -0.25) is 4.90 Å². The smallest absolute Gasteiger partial charge is 0.413 e. The monoisotopic (exact) mass is 417 g/mol. The number of carbonyl (C=O) groups is 1. The Labute approximate surface area is 180 Å². The van der Waals surface area contributed by atoms with Crippen LogP contribution in [0.4, 0.5) is 4.79 Å². The van der Waals surface area contributed by atoms with E-state index >= 15 is 0 Å². The highest BCUT2D eigenvalue weighted by Crippen LogP contribution is 2.30. The quantitative estimate of drug-likeness (QED) is 0.551. The van der Waals surface area contributed by atoms with Crippen LogP contribution < -0.4 is 4.74 Å². The molecule has 1 aliphatic rings. The van der Waals surface area contributed by atoms with E-state index < -0.39 is 29.6 Å². The number of rotatable bonds is 6. The van der Waals surface area contributed by atoms with Crippen LogP contribution in [-0.2, 0) is 9.47 Å². The standard InChI is InChI=1S/C24H35NO5/c1-7-8-9-16-28-19-13-10-18(11-14-19)12-15-21(26)20-17-29-24(5,6)25(20)22(27)30-23(2,3)4/h10-11,13-14,20-21,26H,7-9,16-17H2,1-6H3/t20-,21+/m1/s1. The maximum Gasteiger partial charge on any atom is 0.413 e. The Morgan fingerprint density at radius 2 is 1.97 bits per heavy atom. The van der Waals surface area contributed by atoms with Gasteiger partial charge in [-0.1, -0.05) is 31.6 Å². The van der Waals surface area contributed by atoms with Crippen molar-refractivity contribution in [2.75, 3.05) is 13.2 Å². The topological polar surface area (TPSA) is 68.2 Å². The first-order valence-corrected chi connectivity index (χ1v) is 10.6. The van der Waals surface area contributed by atoms with Crippen molar-refractivity contribution < 1.29 is 24.1 Å². The summed E-state index contributed by atoms with van der Waals surface area (Å²) in [6.07, 6.45) is 1.76. The molecule has 6 nitrogen and oxygen atoms in total. The number of aliphatic hydroxyl groups is 1. The zero-order valence-electron chi connectivity index (χ0n) is 19.0. The van der Waals surface area contributed by atoms with Crippen LogP contribution in [0.1, 0.15) is 66.4 Å². The second-order valence-corrected chi connectivity index (χ2v) is 8.97. The molecule has 0 unspecified atom stereocenters. The molecule has 0 aromatic heterocycles. The van der Waals surface area contributed by atoms with Gasteiger partial charge in [0.1, 0.15) is 23.2 Å². The fraction of sp³-hybridized carbons (Fsp3) is 0.625. The Balaban J connectivity index is 2.03. The number of hydrogen-bond acceptors (Lipinski definition) is 5. The number of unbranched alkanes of at least 4 members (excludes halogenated alkanes) is 2. The molecule has 2 atom stereocenters. The largest absolute Gasteiger partial charge is 0.494 e. The highest BCUT2D eigenvalue weighted by atomic mass is 16.6. The van der Waals surface area contributed by atoms with Crippen molar-refractivity contribution in [2.24, 2.45) is 0 Å². The highest BCUT2D eigenvalue weighted by molar-refractivity contribution is 5.70. The predicted molar refractivity (Wildman–Crippen MR) is 116 cm³/mol. The lowest BCUT2D eigenvalue weighted by Gasteiger charge is -2.35. The van der Waals surface area contributed by atoms with E-state index in [2.05, 4.69) is 18.8 Å². The first-order chi connectivity index (χ1) is 14.0. The van der Waals surface area contributed by atoms with Crippen LogP contribution in [0.2, 0.25) is 0 Å². The van der Waals surface area contributed by atoms with Gasteiger partial charge < -0.3 is 19.3 Å². The van der Waals surface area contributed by atoms with E-state index in [0.717, 1.165) is 30.6 Å². The highest BCUT2D eigenvalue weighted by Gasteiger charge is 2.48. The summed E-state index contributed by atoms with van der Waals surface area (Å²) in [7, 11) is 0. The van der Waals surface area contributed by atoms with Crippen LogP contribution >= 0.6 is 0 Å². The molecular formula is C24H35NO5. The van der Waals surface area contributed by atoms with Crippen molar-refractivity contribution in [3.63, 3.8) is 0 Å². The van der Waals surface area contributed by atoms with Crippen molar-refractivity contribution in [1.29, 1.82) is 0 Å². The van der Waals surface area contributed by atoms with Gasteiger partial charge in [0.25, 0.3) is 0 Å². The van der Waals surface area contributed by atoms with Crippen LogP contribution in [0.15, 0.2) is 24.3 Å². The molecule has 0 radical (unpaired) electrons. The summed E-state index contributed by atoms with van der Waals surface area (Å²) in [5.74, 6) is 6.62. The van der Waals surface area contributed by atoms with Crippen molar-refractivity contribution in [1.82, 2.24) is 4.90 Å².